The molecule has 3 heterocycles. The molecule has 0 amide bonds. The summed E-state index contributed by atoms with van der Waals surface area (Å²) in [7, 11) is 1.45. The van der Waals surface area contributed by atoms with Gasteiger partial charge in [0.25, 0.3) is 0 Å². The molecule has 5 rings (SSSR count). The van der Waals surface area contributed by atoms with Crippen molar-refractivity contribution in [2.75, 3.05) is 25.5 Å². The fourth-order valence-electron chi connectivity index (χ4n) is 6.27. The van der Waals surface area contributed by atoms with Gasteiger partial charge in [0.2, 0.25) is 0 Å². The van der Waals surface area contributed by atoms with Crippen LogP contribution >= 0.6 is 0 Å². The van der Waals surface area contributed by atoms with Crippen molar-refractivity contribution in [3.63, 3.8) is 0 Å². The van der Waals surface area contributed by atoms with E-state index in [0.29, 0.717) is 0 Å². The van der Waals surface area contributed by atoms with E-state index < -0.39 is 6.10 Å². The Balaban J connectivity index is 1.75. The molecule has 2 N–H and O–H groups in total. The first-order valence-electron chi connectivity index (χ1n) is 9.14. The Morgan fingerprint density at radius 1 is 1.44 bits per heavy atom. The van der Waals surface area contributed by atoms with Gasteiger partial charge in [-0.05, 0) is 31.5 Å². The number of piperidine rings is 1. The Morgan fingerprint density at radius 2 is 2.24 bits per heavy atom. The van der Waals surface area contributed by atoms with Crippen LogP contribution in [0, 0.1) is 11.8 Å². The van der Waals surface area contributed by atoms with Crippen molar-refractivity contribution in [3.8, 4) is 0 Å². The zero-order chi connectivity index (χ0) is 17.3. The zero-order valence-corrected chi connectivity index (χ0v) is 14.6. The van der Waals surface area contributed by atoms with Crippen LogP contribution in [0.5, 0.6) is 0 Å². The molecule has 132 valence electrons. The number of hydrogen-bond donors (Lipinski definition) is 2. The number of benzene rings is 1. The Kier molecular flexibility index (Phi) is 3.13. The van der Waals surface area contributed by atoms with Gasteiger partial charge in [-0.1, -0.05) is 29.8 Å². The minimum absolute atomic E-state index is 0.0315. The smallest absolute Gasteiger partial charge is 0.311 e. The molecule has 1 aromatic rings. The number of aliphatic hydroxyl groups excluding tert-OH is 1. The molecular weight excluding hydrogens is 316 g/mol. The Hall–Kier alpha value is -1.85. The average molecular weight is 340 g/mol. The summed E-state index contributed by atoms with van der Waals surface area (Å²) in [6, 6.07) is 8.37. The molecular formula is C20H24N2O3. The molecule has 3 fully saturated rings. The monoisotopic (exact) mass is 340 g/mol. The molecule has 0 aromatic heterocycles. The van der Waals surface area contributed by atoms with Gasteiger partial charge in [-0.2, -0.15) is 0 Å². The second-order valence-electron chi connectivity index (χ2n) is 7.80. The van der Waals surface area contributed by atoms with E-state index in [0.717, 1.165) is 30.8 Å². The summed E-state index contributed by atoms with van der Waals surface area (Å²) < 4.78 is 5.20. The number of nitrogens with zero attached hydrogens (tertiary/aromatic N) is 1. The number of carbonyl (C=O) groups is 1. The quantitative estimate of drug-likeness (QED) is 0.600. The first kappa shape index (κ1) is 15.4. The number of anilines is 1. The van der Waals surface area contributed by atoms with Crippen molar-refractivity contribution in [1.82, 2.24) is 4.90 Å². The largest absolute Gasteiger partial charge is 0.469 e. The molecule has 6 atom stereocenters. The van der Waals surface area contributed by atoms with E-state index in [1.165, 1.54) is 12.7 Å². The molecule has 25 heavy (non-hydrogen) atoms. The van der Waals surface area contributed by atoms with Crippen LogP contribution in [0.25, 0.3) is 0 Å². The summed E-state index contributed by atoms with van der Waals surface area (Å²) in [6.45, 7) is 3.80. The third kappa shape index (κ3) is 1.68. The number of esters is 1. The van der Waals surface area contributed by atoms with Crippen LogP contribution < -0.4 is 5.32 Å². The molecule has 1 spiro atoms. The van der Waals surface area contributed by atoms with Crippen LogP contribution in [0.4, 0.5) is 5.69 Å². The van der Waals surface area contributed by atoms with E-state index in [-0.39, 0.29) is 35.3 Å². The van der Waals surface area contributed by atoms with E-state index in [2.05, 4.69) is 34.5 Å². The summed E-state index contributed by atoms with van der Waals surface area (Å²) in [6.07, 6.45) is 2.49. The lowest BCUT2D eigenvalue weighted by Gasteiger charge is -2.56. The number of carbonyl (C=O) groups excluding carboxylic acids is 1. The van der Waals surface area contributed by atoms with Crippen molar-refractivity contribution in [3.05, 3.63) is 41.5 Å². The number of para-hydroxylation sites is 1. The predicted molar refractivity (Wildman–Crippen MR) is 94.3 cm³/mol. The van der Waals surface area contributed by atoms with Crippen LogP contribution in [0.3, 0.4) is 0 Å². The molecule has 5 heteroatoms. The van der Waals surface area contributed by atoms with Crippen LogP contribution in [0.2, 0.25) is 0 Å². The molecule has 3 aliphatic heterocycles. The van der Waals surface area contributed by atoms with Crippen LogP contribution in [-0.2, 0) is 14.9 Å². The topological polar surface area (TPSA) is 61.8 Å². The Labute approximate surface area is 147 Å². The standard InChI is InChI=1S/C20H24N2O3/c1-3-11-10-22-9-8-20-12-6-4-5-7-13(12)21-17(20)15(19(24)25-2)14(11)16(23)18(20)22/h3-7,14-18,21,23H,8-10H2,1-2H3/b11-3+. The number of hydrogen-bond acceptors (Lipinski definition) is 5. The van der Waals surface area contributed by atoms with E-state index in [9.17, 15) is 9.90 Å². The number of nitrogens with one attached hydrogen (secondary N) is 1. The number of fused-ring (bicyclic) bond motifs is 2. The predicted octanol–water partition coefficient (Wildman–Crippen LogP) is 1.53. The number of methoxy groups -OCH3 is 1. The molecule has 2 saturated heterocycles. The SMILES string of the molecule is C/C=C1\CN2CCC34c5ccccc5NC3C(C(=O)OC)C1C(O)C24. The summed E-state index contributed by atoms with van der Waals surface area (Å²) in [4.78, 5) is 15.2. The highest BCUT2D eigenvalue weighted by atomic mass is 16.5. The van der Waals surface area contributed by atoms with Crippen LogP contribution in [0.1, 0.15) is 18.9 Å². The highest BCUT2D eigenvalue weighted by molar-refractivity contribution is 5.79. The maximum Gasteiger partial charge on any atom is 0.311 e. The highest BCUT2D eigenvalue weighted by Crippen LogP contribution is 2.61. The van der Waals surface area contributed by atoms with Gasteiger partial charge in [0, 0.05) is 29.6 Å². The maximum absolute atomic E-state index is 12.8. The van der Waals surface area contributed by atoms with Gasteiger partial charge in [0.1, 0.15) is 0 Å². The number of rotatable bonds is 1. The number of allylic oxidation sites excluding steroid dienone is 1. The van der Waals surface area contributed by atoms with E-state index >= 15 is 0 Å². The summed E-state index contributed by atoms with van der Waals surface area (Å²) in [5.74, 6) is -0.751. The second-order valence-corrected chi connectivity index (χ2v) is 7.80. The summed E-state index contributed by atoms with van der Waals surface area (Å²) in [5.41, 5.74) is 3.30. The van der Waals surface area contributed by atoms with E-state index in [1.807, 2.05) is 13.0 Å². The molecule has 0 radical (unpaired) electrons. The van der Waals surface area contributed by atoms with Crippen molar-refractivity contribution in [2.24, 2.45) is 11.8 Å². The van der Waals surface area contributed by atoms with Gasteiger partial charge in [0.15, 0.2) is 0 Å². The molecule has 6 unspecified atom stereocenters. The van der Waals surface area contributed by atoms with Crippen molar-refractivity contribution < 1.29 is 14.6 Å². The lowest BCUT2D eigenvalue weighted by molar-refractivity contribution is -0.157. The van der Waals surface area contributed by atoms with E-state index in [4.69, 9.17) is 4.74 Å². The Morgan fingerprint density at radius 3 is 3.00 bits per heavy atom. The fourth-order valence-corrected chi connectivity index (χ4v) is 6.27. The minimum atomic E-state index is -0.546. The fraction of sp³-hybridized carbons (Fsp3) is 0.550. The highest BCUT2D eigenvalue weighted by Gasteiger charge is 2.70. The number of ether oxygens (including phenoxy) is 1. The first-order valence-corrected chi connectivity index (χ1v) is 9.14. The third-order valence-corrected chi connectivity index (χ3v) is 7.12. The molecule has 4 aliphatic rings. The lowest BCUT2D eigenvalue weighted by atomic mass is 9.54. The van der Waals surface area contributed by atoms with Crippen LogP contribution in [0.15, 0.2) is 35.9 Å². The van der Waals surface area contributed by atoms with Crippen molar-refractivity contribution >= 4 is 11.7 Å². The summed E-state index contributed by atoms with van der Waals surface area (Å²) in [5, 5.41) is 15.0. The Bertz CT molecular complexity index is 776. The van der Waals surface area contributed by atoms with Gasteiger partial charge in [0.05, 0.1) is 25.2 Å². The normalized spacial score (nSPS) is 42.7. The molecule has 1 aromatic carbocycles. The van der Waals surface area contributed by atoms with Gasteiger partial charge in [-0.25, -0.2) is 0 Å². The van der Waals surface area contributed by atoms with Gasteiger partial charge in [-0.15, -0.1) is 0 Å². The lowest BCUT2D eigenvalue weighted by Crippen LogP contribution is -2.70. The van der Waals surface area contributed by atoms with E-state index in [1.54, 1.807) is 0 Å². The van der Waals surface area contributed by atoms with Crippen molar-refractivity contribution in [2.45, 2.75) is 36.9 Å². The van der Waals surface area contributed by atoms with Crippen LogP contribution in [-0.4, -0.2) is 54.4 Å². The molecule has 1 saturated carbocycles. The minimum Gasteiger partial charge on any atom is -0.469 e. The summed E-state index contributed by atoms with van der Waals surface area (Å²) >= 11 is 0. The number of aliphatic hydroxyl groups is 1. The maximum atomic E-state index is 12.8. The van der Waals surface area contributed by atoms with Gasteiger partial charge < -0.3 is 15.2 Å². The molecule has 1 aliphatic carbocycles. The second kappa shape index (κ2) is 5.08. The molecule has 2 bridgehead atoms. The first-order chi connectivity index (χ1) is 12.1. The average Bonchev–Trinajstić information content (AvgIpc) is 3.18. The van der Waals surface area contributed by atoms with Gasteiger partial charge in [-0.3, -0.25) is 9.69 Å². The van der Waals surface area contributed by atoms with Gasteiger partial charge >= 0.3 is 5.97 Å². The molecule has 5 nitrogen and oxygen atoms in total. The van der Waals surface area contributed by atoms with Crippen molar-refractivity contribution in [1.29, 1.82) is 0 Å². The third-order valence-electron chi connectivity index (χ3n) is 7.12. The zero-order valence-electron chi connectivity index (χ0n) is 14.6.